The van der Waals surface area contributed by atoms with Crippen molar-refractivity contribution in [1.29, 1.82) is 0 Å². The zero-order chi connectivity index (χ0) is 40.6. The molecule has 1 heteroatoms. The van der Waals surface area contributed by atoms with E-state index in [4.69, 9.17) is 0 Å². The quantitative estimate of drug-likeness (QED) is 0.155. The number of benzene rings is 8. The average Bonchev–Trinajstić information content (AvgIpc) is 3.61. The van der Waals surface area contributed by atoms with Crippen molar-refractivity contribution in [3.05, 3.63) is 228 Å². The van der Waals surface area contributed by atoms with E-state index in [-0.39, 0.29) is 11.3 Å². The van der Waals surface area contributed by atoms with Crippen molar-refractivity contribution in [2.45, 2.75) is 37.0 Å². The third-order valence-corrected chi connectivity index (χ3v) is 16.9. The number of hydrogen-bond acceptors (Lipinski definition) is 1. The molecule has 14 rings (SSSR count). The SMILES string of the molecule is C1=Cc2cccc(-c3ccccc3N(c3ccc4c(c3)C3(c5ccccc5-4)C4CC5CC6CC3C564)c3ccccc3-c3ccc(-c4ccccc4)cc3)c2C(c2ccccc2)C1. The van der Waals surface area contributed by atoms with Crippen LogP contribution >= 0.6 is 0 Å². The Morgan fingerprint density at radius 1 is 0.435 bits per heavy atom. The van der Waals surface area contributed by atoms with E-state index in [1.54, 1.807) is 11.1 Å². The zero-order valence-corrected chi connectivity index (χ0v) is 34.8. The summed E-state index contributed by atoms with van der Waals surface area (Å²) in [4.78, 5) is 2.62. The molecule has 6 aliphatic rings. The summed E-state index contributed by atoms with van der Waals surface area (Å²) in [6.07, 6.45) is 9.97. The molecule has 296 valence electrons. The number of fused-ring (bicyclic) bond motifs is 8. The molecular formula is C61H47N. The molecule has 0 saturated heterocycles. The topological polar surface area (TPSA) is 3.24 Å². The summed E-state index contributed by atoms with van der Waals surface area (Å²) in [5.41, 5.74) is 22.1. The maximum Gasteiger partial charge on any atom is 0.0540 e. The van der Waals surface area contributed by atoms with Gasteiger partial charge in [-0.3, -0.25) is 0 Å². The van der Waals surface area contributed by atoms with Crippen molar-refractivity contribution in [3.8, 4) is 44.5 Å². The fraction of sp³-hybridized carbons (Fsp3) is 0.180. The predicted octanol–water partition coefficient (Wildman–Crippen LogP) is 15.6. The molecule has 0 bridgehead atoms. The summed E-state index contributed by atoms with van der Waals surface area (Å²) in [7, 11) is 0. The van der Waals surface area contributed by atoms with E-state index in [9.17, 15) is 0 Å². The van der Waals surface area contributed by atoms with Crippen LogP contribution in [0.4, 0.5) is 17.1 Å². The smallest absolute Gasteiger partial charge is 0.0540 e. The molecule has 4 fully saturated rings. The highest BCUT2D eigenvalue weighted by Crippen LogP contribution is 2.94. The normalized spacial score (nSPS) is 26.0. The Kier molecular flexibility index (Phi) is 7.28. The van der Waals surface area contributed by atoms with Crippen LogP contribution in [0.2, 0.25) is 0 Å². The lowest BCUT2D eigenvalue weighted by Gasteiger charge is -2.92. The first-order valence-electron chi connectivity index (χ1n) is 23.0. The van der Waals surface area contributed by atoms with Crippen molar-refractivity contribution < 1.29 is 0 Å². The summed E-state index contributed by atoms with van der Waals surface area (Å²) in [6, 6.07) is 73.4. The van der Waals surface area contributed by atoms with Gasteiger partial charge in [-0.2, -0.15) is 0 Å². The van der Waals surface area contributed by atoms with Crippen LogP contribution in [-0.4, -0.2) is 0 Å². The fourth-order valence-corrected chi connectivity index (χ4v) is 14.6. The first kappa shape index (κ1) is 35.0. The van der Waals surface area contributed by atoms with Gasteiger partial charge < -0.3 is 4.90 Å². The van der Waals surface area contributed by atoms with E-state index < -0.39 is 0 Å². The largest absolute Gasteiger partial charge is 0.309 e. The minimum Gasteiger partial charge on any atom is -0.309 e. The zero-order valence-electron chi connectivity index (χ0n) is 34.8. The molecule has 0 aliphatic heterocycles. The molecule has 8 aromatic carbocycles. The minimum absolute atomic E-state index is 0.126. The minimum atomic E-state index is 0.126. The summed E-state index contributed by atoms with van der Waals surface area (Å²) in [5.74, 6) is 3.75. The van der Waals surface area contributed by atoms with Gasteiger partial charge in [0.05, 0.1) is 11.4 Å². The van der Waals surface area contributed by atoms with Crippen LogP contribution < -0.4 is 4.90 Å². The van der Waals surface area contributed by atoms with E-state index in [0.717, 1.165) is 30.1 Å². The van der Waals surface area contributed by atoms with Gasteiger partial charge in [0.2, 0.25) is 0 Å². The molecule has 0 radical (unpaired) electrons. The molecule has 0 aromatic heterocycles. The third-order valence-electron chi connectivity index (χ3n) is 16.9. The Morgan fingerprint density at radius 3 is 1.79 bits per heavy atom. The van der Waals surface area contributed by atoms with Crippen LogP contribution in [-0.2, 0) is 5.41 Å². The summed E-state index contributed by atoms with van der Waals surface area (Å²) < 4.78 is 0. The average molecular weight is 794 g/mol. The van der Waals surface area contributed by atoms with Gasteiger partial charge in [0, 0.05) is 28.1 Å². The lowest BCUT2D eigenvalue weighted by atomic mass is 9.11. The molecule has 0 heterocycles. The number of allylic oxidation sites excluding steroid dienone is 1. The van der Waals surface area contributed by atoms with E-state index in [2.05, 4.69) is 211 Å². The van der Waals surface area contributed by atoms with E-state index in [0.29, 0.717) is 5.41 Å². The van der Waals surface area contributed by atoms with Gasteiger partial charge in [0.15, 0.2) is 0 Å². The van der Waals surface area contributed by atoms with Crippen LogP contribution in [0.1, 0.15) is 59.4 Å². The standard InChI is InChI=1S/C61H47N/c1-3-15-39(16-4-1)40-29-31-42(32-30-40)47-21-8-11-27-55(47)62(56-28-12-9-23-51(56)52-25-14-20-43-19-13-24-48(59(43)52)41-17-5-2-6-18-41)46-33-34-50-49-22-7-10-26-53(49)61(54(50)38-46)57-36-44-35-45-37-58(61)60(44,45)57/h1-23,25-34,38,44-45,48,57-58H,24,35-37H2. The molecule has 0 N–H and O–H groups in total. The molecule has 8 aromatic rings. The number of para-hydroxylation sites is 2. The second-order valence-corrected chi connectivity index (χ2v) is 19.1. The van der Waals surface area contributed by atoms with Gasteiger partial charge in [-0.1, -0.05) is 182 Å². The van der Waals surface area contributed by atoms with E-state index in [1.165, 1.54) is 97.5 Å². The molecule has 5 unspecified atom stereocenters. The monoisotopic (exact) mass is 793 g/mol. The highest BCUT2D eigenvalue weighted by Gasteiger charge is 2.90. The predicted molar refractivity (Wildman–Crippen MR) is 256 cm³/mol. The Hall–Kier alpha value is -6.70. The lowest BCUT2D eigenvalue weighted by Crippen LogP contribution is -2.88. The van der Waals surface area contributed by atoms with Crippen LogP contribution in [0.25, 0.3) is 50.6 Å². The van der Waals surface area contributed by atoms with Gasteiger partial charge in [-0.25, -0.2) is 0 Å². The molecule has 5 atom stereocenters. The first-order chi connectivity index (χ1) is 30.7. The summed E-state index contributed by atoms with van der Waals surface area (Å²) in [6.45, 7) is 0. The Balaban J connectivity index is 0.985. The van der Waals surface area contributed by atoms with Crippen molar-refractivity contribution in [2.24, 2.45) is 29.1 Å². The van der Waals surface area contributed by atoms with Gasteiger partial charge in [-0.15, -0.1) is 0 Å². The lowest BCUT2D eigenvalue weighted by molar-refractivity contribution is -0.412. The second kappa shape index (κ2) is 12.9. The van der Waals surface area contributed by atoms with E-state index >= 15 is 0 Å². The fourth-order valence-electron chi connectivity index (χ4n) is 14.6. The summed E-state index contributed by atoms with van der Waals surface area (Å²) >= 11 is 0. The van der Waals surface area contributed by atoms with Crippen molar-refractivity contribution in [2.75, 3.05) is 4.90 Å². The molecule has 1 nitrogen and oxygen atoms in total. The van der Waals surface area contributed by atoms with Crippen LogP contribution in [0, 0.1) is 29.1 Å². The summed E-state index contributed by atoms with van der Waals surface area (Å²) in [5, 5.41) is 0. The molecule has 0 amide bonds. The van der Waals surface area contributed by atoms with Crippen molar-refractivity contribution in [1.82, 2.24) is 0 Å². The van der Waals surface area contributed by atoms with Crippen LogP contribution in [0.5, 0.6) is 0 Å². The van der Waals surface area contributed by atoms with Crippen LogP contribution in [0.3, 0.4) is 0 Å². The van der Waals surface area contributed by atoms with E-state index in [1.807, 2.05) is 0 Å². The highest BCUT2D eigenvalue weighted by molar-refractivity contribution is 5.96. The molecular weight excluding hydrogens is 747 g/mol. The number of hydrogen-bond donors (Lipinski definition) is 0. The van der Waals surface area contributed by atoms with Crippen molar-refractivity contribution >= 4 is 23.1 Å². The molecule has 4 saturated carbocycles. The molecule has 6 aliphatic carbocycles. The van der Waals surface area contributed by atoms with Gasteiger partial charge >= 0.3 is 0 Å². The first-order valence-corrected chi connectivity index (χ1v) is 23.0. The Labute approximate surface area is 365 Å². The number of anilines is 3. The second-order valence-electron chi connectivity index (χ2n) is 19.1. The number of nitrogens with zero attached hydrogens (tertiary/aromatic N) is 1. The van der Waals surface area contributed by atoms with Gasteiger partial charge in [0.25, 0.3) is 0 Å². The van der Waals surface area contributed by atoms with Crippen molar-refractivity contribution in [3.63, 3.8) is 0 Å². The molecule has 62 heavy (non-hydrogen) atoms. The highest BCUT2D eigenvalue weighted by atomic mass is 15.1. The third kappa shape index (κ3) is 4.44. The van der Waals surface area contributed by atoms with Crippen LogP contribution in [0.15, 0.2) is 200 Å². The maximum atomic E-state index is 2.66. The van der Waals surface area contributed by atoms with Gasteiger partial charge in [-0.05, 0) is 140 Å². The van der Waals surface area contributed by atoms with Gasteiger partial charge in [0.1, 0.15) is 0 Å². The maximum absolute atomic E-state index is 2.66. The Morgan fingerprint density at radius 2 is 1.03 bits per heavy atom. The Bertz CT molecular complexity index is 3100. The number of rotatable bonds is 7. The molecule has 2 spiro atoms.